The van der Waals surface area contributed by atoms with Crippen LogP contribution in [-0.2, 0) is 9.53 Å². The van der Waals surface area contributed by atoms with E-state index in [0.29, 0.717) is 11.3 Å². The minimum absolute atomic E-state index is 0.324. The van der Waals surface area contributed by atoms with Gasteiger partial charge in [0.25, 0.3) is 5.91 Å². The van der Waals surface area contributed by atoms with Crippen LogP contribution in [0.3, 0.4) is 0 Å². The van der Waals surface area contributed by atoms with Gasteiger partial charge in [0.15, 0.2) is 6.10 Å². The molecule has 1 rings (SSSR count). The fourth-order valence-electron chi connectivity index (χ4n) is 1.70. The molecule has 0 aromatic heterocycles. The van der Waals surface area contributed by atoms with Gasteiger partial charge in [-0.25, -0.2) is 4.79 Å². The number of nitrogens with one attached hydrogen (secondary N) is 1. The molecule has 0 bridgehead atoms. The van der Waals surface area contributed by atoms with E-state index < -0.39 is 12.1 Å². The van der Waals surface area contributed by atoms with Gasteiger partial charge in [-0.15, -0.1) is 0 Å². The molecule has 116 valence electrons. The lowest BCUT2D eigenvalue weighted by Gasteiger charge is -2.23. The summed E-state index contributed by atoms with van der Waals surface area (Å²) < 4.78 is 10.3. The molecule has 21 heavy (non-hydrogen) atoms. The largest absolute Gasteiger partial charge is 0.496 e. The normalized spacial score (nSPS) is 12.5. The van der Waals surface area contributed by atoms with Gasteiger partial charge >= 0.3 is 5.97 Å². The molecule has 0 spiro atoms. The number of methoxy groups -OCH3 is 1. The predicted molar refractivity (Wildman–Crippen MR) is 80.5 cm³/mol. The third kappa shape index (κ3) is 5.10. The summed E-state index contributed by atoms with van der Waals surface area (Å²) in [5.41, 5.74) is 0.908. The highest BCUT2D eigenvalue weighted by Gasteiger charge is 2.23. The molecule has 5 nitrogen and oxygen atoms in total. The SMILES string of the molecule is COc1cc(C(=O)O[C@H](C)C(=O)NC(C)(C)C)ccc1C. The minimum atomic E-state index is -0.857. The van der Waals surface area contributed by atoms with Crippen molar-refractivity contribution in [2.75, 3.05) is 7.11 Å². The van der Waals surface area contributed by atoms with E-state index in [1.165, 1.54) is 7.11 Å². The zero-order chi connectivity index (χ0) is 16.2. The molecule has 0 radical (unpaired) electrons. The van der Waals surface area contributed by atoms with Crippen molar-refractivity contribution in [3.05, 3.63) is 29.3 Å². The van der Waals surface area contributed by atoms with Crippen molar-refractivity contribution < 1.29 is 19.1 Å². The van der Waals surface area contributed by atoms with Crippen LogP contribution in [0.15, 0.2) is 18.2 Å². The molecule has 0 aliphatic rings. The first-order chi connectivity index (χ1) is 9.64. The summed E-state index contributed by atoms with van der Waals surface area (Å²) in [6.45, 7) is 9.02. The van der Waals surface area contributed by atoms with Crippen LogP contribution in [0, 0.1) is 6.92 Å². The van der Waals surface area contributed by atoms with Crippen LogP contribution in [0.1, 0.15) is 43.6 Å². The molecule has 1 aromatic carbocycles. The van der Waals surface area contributed by atoms with Gasteiger partial charge in [-0.1, -0.05) is 6.07 Å². The summed E-state index contributed by atoms with van der Waals surface area (Å²) in [6.07, 6.45) is -0.857. The van der Waals surface area contributed by atoms with Crippen LogP contribution < -0.4 is 10.1 Å². The first-order valence-electron chi connectivity index (χ1n) is 6.81. The van der Waals surface area contributed by atoms with Gasteiger partial charge in [-0.3, -0.25) is 4.79 Å². The third-order valence-corrected chi connectivity index (χ3v) is 2.80. The molecule has 0 saturated heterocycles. The Morgan fingerprint density at radius 1 is 1.24 bits per heavy atom. The lowest BCUT2D eigenvalue weighted by Crippen LogP contribution is -2.46. The summed E-state index contributed by atoms with van der Waals surface area (Å²) in [5.74, 6) is -0.268. The molecule has 0 fully saturated rings. The van der Waals surface area contributed by atoms with Gasteiger partial charge in [-0.2, -0.15) is 0 Å². The van der Waals surface area contributed by atoms with Gasteiger partial charge in [0.1, 0.15) is 5.75 Å². The Kier molecular flexibility index (Phi) is 5.35. The van der Waals surface area contributed by atoms with E-state index in [2.05, 4.69) is 5.32 Å². The second kappa shape index (κ2) is 6.61. The van der Waals surface area contributed by atoms with E-state index in [-0.39, 0.29) is 11.4 Å². The van der Waals surface area contributed by atoms with Crippen molar-refractivity contribution >= 4 is 11.9 Å². The number of rotatable bonds is 4. The van der Waals surface area contributed by atoms with Crippen LogP contribution in [-0.4, -0.2) is 30.6 Å². The van der Waals surface area contributed by atoms with Gasteiger partial charge in [0.2, 0.25) is 0 Å². The van der Waals surface area contributed by atoms with Crippen molar-refractivity contribution in [1.29, 1.82) is 0 Å². The van der Waals surface area contributed by atoms with E-state index in [9.17, 15) is 9.59 Å². The number of hydrogen-bond donors (Lipinski definition) is 1. The van der Waals surface area contributed by atoms with Crippen LogP contribution >= 0.6 is 0 Å². The lowest BCUT2D eigenvalue weighted by molar-refractivity contribution is -0.130. The van der Waals surface area contributed by atoms with Crippen molar-refractivity contribution in [1.82, 2.24) is 5.32 Å². The maximum Gasteiger partial charge on any atom is 0.339 e. The molecule has 0 unspecified atom stereocenters. The minimum Gasteiger partial charge on any atom is -0.496 e. The van der Waals surface area contributed by atoms with Crippen molar-refractivity contribution in [2.24, 2.45) is 0 Å². The molecular weight excluding hydrogens is 270 g/mol. The molecule has 1 aromatic rings. The van der Waals surface area contributed by atoms with Crippen molar-refractivity contribution in [3.63, 3.8) is 0 Å². The molecule has 0 aliphatic carbocycles. The molecule has 0 saturated carbocycles. The zero-order valence-electron chi connectivity index (χ0n) is 13.4. The Morgan fingerprint density at radius 3 is 2.38 bits per heavy atom. The smallest absolute Gasteiger partial charge is 0.339 e. The van der Waals surface area contributed by atoms with Gasteiger partial charge < -0.3 is 14.8 Å². The lowest BCUT2D eigenvalue weighted by atomic mass is 10.1. The maximum absolute atomic E-state index is 12.0. The first-order valence-corrected chi connectivity index (χ1v) is 6.81. The van der Waals surface area contributed by atoms with Crippen LogP contribution in [0.25, 0.3) is 0 Å². The highest BCUT2D eigenvalue weighted by atomic mass is 16.5. The summed E-state index contributed by atoms with van der Waals surface area (Å²) in [7, 11) is 1.54. The number of hydrogen-bond acceptors (Lipinski definition) is 4. The van der Waals surface area contributed by atoms with E-state index in [4.69, 9.17) is 9.47 Å². The van der Waals surface area contributed by atoms with Gasteiger partial charge in [-0.05, 0) is 52.3 Å². The Balaban J connectivity index is 2.75. The number of carbonyl (C=O) groups excluding carboxylic acids is 2. The number of esters is 1. The molecule has 0 heterocycles. The topological polar surface area (TPSA) is 64.6 Å². The predicted octanol–water partition coefficient (Wildman–Crippen LogP) is 2.46. The number of aryl methyl sites for hydroxylation is 1. The van der Waals surface area contributed by atoms with Crippen LogP contribution in [0.2, 0.25) is 0 Å². The van der Waals surface area contributed by atoms with Crippen molar-refractivity contribution in [2.45, 2.75) is 46.3 Å². The standard InChI is InChI=1S/C16H23NO4/c1-10-7-8-12(9-13(10)20-6)15(19)21-11(2)14(18)17-16(3,4)5/h7-9,11H,1-6H3,(H,17,18)/t11-/m1/s1. The Bertz CT molecular complexity index is 532. The highest BCUT2D eigenvalue weighted by Crippen LogP contribution is 2.19. The van der Waals surface area contributed by atoms with Gasteiger partial charge in [0, 0.05) is 5.54 Å². The second-order valence-electron chi connectivity index (χ2n) is 5.97. The van der Waals surface area contributed by atoms with Crippen molar-refractivity contribution in [3.8, 4) is 5.75 Å². The van der Waals surface area contributed by atoms with Crippen LogP contribution in [0.5, 0.6) is 5.75 Å². The average Bonchev–Trinajstić information content (AvgIpc) is 2.37. The maximum atomic E-state index is 12.0. The van der Waals surface area contributed by atoms with E-state index >= 15 is 0 Å². The molecule has 5 heteroatoms. The van der Waals surface area contributed by atoms with Gasteiger partial charge in [0.05, 0.1) is 12.7 Å². The number of benzene rings is 1. The zero-order valence-corrected chi connectivity index (χ0v) is 13.4. The average molecular weight is 293 g/mol. The van der Waals surface area contributed by atoms with Crippen LogP contribution in [0.4, 0.5) is 0 Å². The number of carbonyl (C=O) groups is 2. The third-order valence-electron chi connectivity index (χ3n) is 2.80. The highest BCUT2D eigenvalue weighted by molar-refractivity contribution is 5.92. The quantitative estimate of drug-likeness (QED) is 0.866. The molecule has 1 atom stereocenters. The van der Waals surface area contributed by atoms with E-state index in [1.807, 2.05) is 27.7 Å². The Hall–Kier alpha value is -2.04. The number of ether oxygens (including phenoxy) is 2. The fourth-order valence-corrected chi connectivity index (χ4v) is 1.70. The summed E-state index contributed by atoms with van der Waals surface area (Å²) in [4.78, 5) is 23.9. The second-order valence-corrected chi connectivity index (χ2v) is 5.97. The summed E-state index contributed by atoms with van der Waals surface area (Å²) in [6, 6.07) is 5.02. The Labute approximate surface area is 125 Å². The fraction of sp³-hybridized carbons (Fsp3) is 0.500. The summed E-state index contributed by atoms with van der Waals surface area (Å²) in [5, 5.41) is 2.77. The summed E-state index contributed by atoms with van der Waals surface area (Å²) >= 11 is 0. The molecular formula is C16H23NO4. The van der Waals surface area contributed by atoms with E-state index in [0.717, 1.165) is 5.56 Å². The number of amides is 1. The monoisotopic (exact) mass is 293 g/mol. The Morgan fingerprint density at radius 2 is 1.86 bits per heavy atom. The molecule has 1 N–H and O–H groups in total. The molecule has 0 aliphatic heterocycles. The van der Waals surface area contributed by atoms with E-state index in [1.54, 1.807) is 25.1 Å². The first kappa shape index (κ1) is 17.0. The molecule has 1 amide bonds.